The van der Waals surface area contributed by atoms with E-state index in [0.717, 1.165) is 16.7 Å². The number of ether oxygens (including phenoxy) is 3. The summed E-state index contributed by atoms with van der Waals surface area (Å²) in [4.78, 5) is 13.3. The summed E-state index contributed by atoms with van der Waals surface area (Å²) in [6, 6.07) is 22.2. The first kappa shape index (κ1) is 30.5. The van der Waals surface area contributed by atoms with Crippen molar-refractivity contribution in [3.05, 3.63) is 91.4 Å². The first-order valence-electron chi connectivity index (χ1n) is 14.7. The van der Waals surface area contributed by atoms with Crippen LogP contribution >= 0.6 is 11.9 Å². The summed E-state index contributed by atoms with van der Waals surface area (Å²) in [5.41, 5.74) is 4.52. The molecule has 0 N–H and O–H groups in total. The van der Waals surface area contributed by atoms with Crippen LogP contribution in [-0.4, -0.2) is 65.6 Å². The molecule has 0 spiro atoms. The highest BCUT2D eigenvalue weighted by Crippen LogP contribution is 2.31. The Balaban J connectivity index is 1.20. The van der Waals surface area contributed by atoms with Gasteiger partial charge in [-0.15, -0.1) is 30.2 Å². The molecule has 0 saturated carbocycles. The van der Waals surface area contributed by atoms with Gasteiger partial charge >= 0.3 is 18.0 Å². The summed E-state index contributed by atoms with van der Waals surface area (Å²) in [5, 5.41) is 25.0. The van der Waals surface area contributed by atoms with E-state index in [4.69, 9.17) is 14.2 Å². The number of nitrogens with zero attached hydrogens (tertiary/aromatic N) is 12. The standard InChI is InChI=1S/C32H28N12O3S/c1-20(2)43-18-28(37-40-43)22-9-6-12-25(15-22)46-31-33-30(45-24-11-5-8-21(14-24)27-17-42(3)39-36-27)34-32(35-31)47-26-13-7-10-23(16-26)29-19-44(48-4)41-38-29/h5-20H,1-4H3. The van der Waals surface area contributed by atoms with Gasteiger partial charge in [0.1, 0.15) is 34.3 Å². The van der Waals surface area contributed by atoms with Crippen LogP contribution < -0.4 is 14.2 Å². The number of hydrogen-bond acceptors (Lipinski definition) is 13. The van der Waals surface area contributed by atoms with Crippen LogP contribution in [0.2, 0.25) is 0 Å². The molecule has 0 amide bonds. The highest BCUT2D eigenvalue weighted by atomic mass is 32.2. The number of aryl methyl sites for hydroxylation is 1. The molecule has 0 fully saturated rings. The van der Waals surface area contributed by atoms with Crippen molar-refractivity contribution in [3.8, 4) is 69.1 Å². The average molecular weight is 661 g/mol. The van der Waals surface area contributed by atoms with Crippen LogP contribution in [0.15, 0.2) is 91.4 Å². The lowest BCUT2D eigenvalue weighted by Gasteiger charge is -2.11. The highest BCUT2D eigenvalue weighted by Gasteiger charge is 2.16. The Morgan fingerprint density at radius 1 is 0.583 bits per heavy atom. The molecule has 4 heterocycles. The molecule has 0 aliphatic heterocycles. The Kier molecular flexibility index (Phi) is 8.44. The van der Waals surface area contributed by atoms with Gasteiger partial charge in [0.2, 0.25) is 0 Å². The van der Waals surface area contributed by atoms with Crippen molar-refractivity contribution in [2.75, 3.05) is 6.26 Å². The second-order valence-electron chi connectivity index (χ2n) is 10.7. The predicted octanol–water partition coefficient (Wildman–Crippen LogP) is 6.27. The number of aromatic nitrogens is 12. The zero-order valence-electron chi connectivity index (χ0n) is 26.2. The number of hydrogen-bond donors (Lipinski definition) is 0. The molecular weight excluding hydrogens is 632 g/mol. The Labute approximate surface area is 278 Å². The van der Waals surface area contributed by atoms with E-state index in [0.29, 0.717) is 34.3 Å². The van der Waals surface area contributed by atoms with Crippen LogP contribution in [0, 0.1) is 0 Å². The summed E-state index contributed by atoms with van der Waals surface area (Å²) >= 11 is 1.44. The van der Waals surface area contributed by atoms with Gasteiger partial charge in [-0.2, -0.15) is 4.09 Å². The van der Waals surface area contributed by atoms with Gasteiger partial charge in [-0.3, -0.25) is 4.68 Å². The fourth-order valence-corrected chi connectivity index (χ4v) is 4.86. The zero-order chi connectivity index (χ0) is 33.0. The number of rotatable bonds is 11. The van der Waals surface area contributed by atoms with E-state index < -0.39 is 0 Å². The third kappa shape index (κ3) is 6.97. The minimum atomic E-state index is -0.0407. The molecule has 240 valence electrons. The van der Waals surface area contributed by atoms with Crippen molar-refractivity contribution in [2.24, 2.45) is 7.05 Å². The topological polar surface area (TPSA) is 158 Å². The van der Waals surface area contributed by atoms with Gasteiger partial charge in [-0.1, -0.05) is 52.0 Å². The molecular formula is C32H28N12O3S. The smallest absolute Gasteiger partial charge is 0.331 e. The maximum Gasteiger partial charge on any atom is 0.331 e. The van der Waals surface area contributed by atoms with Crippen molar-refractivity contribution >= 4 is 11.9 Å². The third-order valence-corrected chi connectivity index (χ3v) is 7.45. The van der Waals surface area contributed by atoms with Gasteiger partial charge in [0.05, 0.1) is 18.6 Å². The predicted molar refractivity (Wildman–Crippen MR) is 177 cm³/mol. The van der Waals surface area contributed by atoms with E-state index in [1.165, 1.54) is 11.9 Å². The largest absolute Gasteiger partial charge is 0.424 e. The van der Waals surface area contributed by atoms with Gasteiger partial charge in [0, 0.05) is 36.0 Å². The highest BCUT2D eigenvalue weighted by molar-refractivity contribution is 7.97. The van der Waals surface area contributed by atoms with Gasteiger partial charge in [-0.25, -0.2) is 4.68 Å². The Bertz CT molecular complexity index is 2190. The molecule has 0 atom stereocenters. The van der Waals surface area contributed by atoms with Gasteiger partial charge < -0.3 is 14.2 Å². The van der Waals surface area contributed by atoms with Crippen LogP contribution in [0.1, 0.15) is 19.9 Å². The summed E-state index contributed by atoms with van der Waals surface area (Å²) in [7, 11) is 1.80. The molecule has 0 aliphatic carbocycles. The first-order valence-corrected chi connectivity index (χ1v) is 15.9. The maximum absolute atomic E-state index is 6.13. The first-order chi connectivity index (χ1) is 23.4. The molecule has 7 aromatic rings. The summed E-state index contributed by atoms with van der Waals surface area (Å²) in [5.74, 6) is 1.41. The van der Waals surface area contributed by atoms with Crippen LogP contribution in [-0.2, 0) is 7.05 Å². The minimum Gasteiger partial charge on any atom is -0.424 e. The quantitative estimate of drug-likeness (QED) is 0.153. The second-order valence-corrected chi connectivity index (χ2v) is 11.5. The van der Waals surface area contributed by atoms with Gasteiger partial charge in [0.25, 0.3) is 0 Å². The molecule has 7 rings (SSSR count). The van der Waals surface area contributed by atoms with Crippen molar-refractivity contribution in [2.45, 2.75) is 19.9 Å². The van der Waals surface area contributed by atoms with Crippen LogP contribution in [0.4, 0.5) is 0 Å². The Hall–Kier alpha value is -6.16. The Morgan fingerprint density at radius 3 is 1.46 bits per heavy atom. The number of benzene rings is 3. The third-order valence-electron chi connectivity index (χ3n) is 6.89. The van der Waals surface area contributed by atoms with Gasteiger partial charge in [-0.05, 0) is 62.2 Å². The van der Waals surface area contributed by atoms with Crippen molar-refractivity contribution in [1.29, 1.82) is 0 Å². The van der Waals surface area contributed by atoms with Crippen LogP contribution in [0.25, 0.3) is 33.8 Å². The van der Waals surface area contributed by atoms with Crippen molar-refractivity contribution in [3.63, 3.8) is 0 Å². The zero-order valence-corrected chi connectivity index (χ0v) is 27.1. The fourth-order valence-electron chi connectivity index (χ4n) is 4.54. The van der Waals surface area contributed by atoms with Crippen LogP contribution in [0.3, 0.4) is 0 Å². The molecule has 0 aliphatic rings. The minimum absolute atomic E-state index is 0.0397. The molecule has 4 aromatic heterocycles. The fraction of sp³-hybridized carbons (Fsp3) is 0.156. The van der Waals surface area contributed by atoms with E-state index >= 15 is 0 Å². The lowest BCUT2D eigenvalue weighted by molar-refractivity contribution is 0.362. The molecule has 0 radical (unpaired) electrons. The molecule has 3 aromatic carbocycles. The molecule has 15 nitrogen and oxygen atoms in total. The Morgan fingerprint density at radius 2 is 1.04 bits per heavy atom. The molecule has 0 unspecified atom stereocenters. The lowest BCUT2D eigenvalue weighted by Crippen LogP contribution is -2.01. The average Bonchev–Trinajstić information content (AvgIpc) is 3.87. The second kappa shape index (κ2) is 13.3. The van der Waals surface area contributed by atoms with Crippen molar-refractivity contribution in [1.82, 2.24) is 59.3 Å². The maximum atomic E-state index is 6.13. The lowest BCUT2D eigenvalue weighted by atomic mass is 10.1. The van der Waals surface area contributed by atoms with Crippen LogP contribution in [0.5, 0.6) is 35.3 Å². The van der Waals surface area contributed by atoms with E-state index in [-0.39, 0.29) is 24.1 Å². The summed E-state index contributed by atoms with van der Waals surface area (Å²) in [6.07, 6.45) is 7.44. The monoisotopic (exact) mass is 660 g/mol. The molecule has 48 heavy (non-hydrogen) atoms. The van der Waals surface area contributed by atoms with E-state index in [1.807, 2.05) is 93.3 Å². The molecule has 16 heteroatoms. The molecule has 0 saturated heterocycles. The van der Waals surface area contributed by atoms with E-state index in [2.05, 4.69) is 45.9 Å². The van der Waals surface area contributed by atoms with E-state index in [9.17, 15) is 0 Å². The van der Waals surface area contributed by atoms with Crippen molar-refractivity contribution < 1.29 is 14.2 Å². The summed E-state index contributed by atoms with van der Waals surface area (Å²) < 4.78 is 23.5. The SMILES string of the molecule is CSn1cc(-c2cccc(Oc3nc(Oc4cccc(-c5cn(C)nn5)c4)nc(Oc4cccc(-c5cn(C(C)C)nn5)c4)n3)c2)nn1. The van der Waals surface area contributed by atoms with E-state index in [1.54, 1.807) is 38.7 Å². The normalized spacial score (nSPS) is 11.2. The molecule has 0 bridgehead atoms. The van der Waals surface area contributed by atoms with Gasteiger partial charge in [0.15, 0.2) is 0 Å². The summed E-state index contributed by atoms with van der Waals surface area (Å²) in [6.45, 7) is 4.08.